The molecule has 1 unspecified atom stereocenters. The number of carbonyl (C=O) groups excluding carboxylic acids is 1. The SMILES string of the molecule is C=CCNC(CC)(COC)C(=O)OC. The normalized spacial score (nSPS) is 14.5. The molecule has 0 aromatic heterocycles. The van der Waals surface area contributed by atoms with Crippen LogP contribution in [-0.2, 0) is 14.3 Å². The van der Waals surface area contributed by atoms with Gasteiger partial charge < -0.3 is 9.47 Å². The van der Waals surface area contributed by atoms with E-state index in [2.05, 4.69) is 11.9 Å². The second kappa shape index (κ2) is 6.56. The molecule has 4 nitrogen and oxygen atoms in total. The molecule has 0 fully saturated rings. The highest BCUT2D eigenvalue weighted by Gasteiger charge is 2.37. The Labute approximate surface area is 85.3 Å². The standard InChI is InChI=1S/C10H19NO3/c1-5-7-11-10(6-2,8-13-3)9(12)14-4/h5,11H,1,6-8H2,2-4H3. The number of rotatable bonds is 7. The largest absolute Gasteiger partial charge is 0.468 e. The fourth-order valence-corrected chi connectivity index (χ4v) is 1.26. The molecule has 0 saturated carbocycles. The van der Waals surface area contributed by atoms with Gasteiger partial charge in [0.15, 0.2) is 0 Å². The molecule has 0 rings (SSSR count). The van der Waals surface area contributed by atoms with Gasteiger partial charge in [-0.05, 0) is 6.42 Å². The predicted molar refractivity (Wildman–Crippen MR) is 55.1 cm³/mol. The summed E-state index contributed by atoms with van der Waals surface area (Å²) in [5.41, 5.74) is -0.752. The van der Waals surface area contributed by atoms with E-state index in [4.69, 9.17) is 9.47 Å². The Morgan fingerprint density at radius 2 is 2.21 bits per heavy atom. The fourth-order valence-electron chi connectivity index (χ4n) is 1.26. The van der Waals surface area contributed by atoms with Crippen molar-refractivity contribution in [1.29, 1.82) is 0 Å². The molecule has 0 aromatic carbocycles. The number of hydrogen-bond donors (Lipinski definition) is 1. The Hall–Kier alpha value is -0.870. The third kappa shape index (κ3) is 3.12. The Morgan fingerprint density at radius 3 is 2.57 bits per heavy atom. The highest BCUT2D eigenvalue weighted by Crippen LogP contribution is 2.12. The maximum absolute atomic E-state index is 11.6. The first-order valence-electron chi connectivity index (χ1n) is 4.60. The lowest BCUT2D eigenvalue weighted by Crippen LogP contribution is -2.55. The lowest BCUT2D eigenvalue weighted by atomic mass is 9.97. The van der Waals surface area contributed by atoms with E-state index < -0.39 is 5.54 Å². The van der Waals surface area contributed by atoms with Crippen LogP contribution < -0.4 is 5.32 Å². The molecule has 0 aliphatic carbocycles. The maximum Gasteiger partial charge on any atom is 0.328 e. The van der Waals surface area contributed by atoms with Crippen LogP contribution in [0.5, 0.6) is 0 Å². The van der Waals surface area contributed by atoms with Crippen molar-refractivity contribution in [2.75, 3.05) is 27.4 Å². The van der Waals surface area contributed by atoms with E-state index in [9.17, 15) is 4.79 Å². The van der Waals surface area contributed by atoms with Crippen molar-refractivity contribution in [2.45, 2.75) is 18.9 Å². The number of esters is 1. The van der Waals surface area contributed by atoms with E-state index in [0.29, 0.717) is 19.6 Å². The van der Waals surface area contributed by atoms with Gasteiger partial charge in [-0.3, -0.25) is 5.32 Å². The zero-order valence-electron chi connectivity index (χ0n) is 9.13. The Bertz CT molecular complexity index is 194. The van der Waals surface area contributed by atoms with Crippen molar-refractivity contribution >= 4 is 5.97 Å². The molecule has 0 heterocycles. The van der Waals surface area contributed by atoms with Crippen LogP contribution in [-0.4, -0.2) is 38.9 Å². The molecule has 0 radical (unpaired) electrons. The van der Waals surface area contributed by atoms with Crippen LogP contribution in [0.15, 0.2) is 12.7 Å². The van der Waals surface area contributed by atoms with Gasteiger partial charge in [0.25, 0.3) is 0 Å². The van der Waals surface area contributed by atoms with Gasteiger partial charge in [0.2, 0.25) is 0 Å². The summed E-state index contributed by atoms with van der Waals surface area (Å²) in [6.07, 6.45) is 2.31. The molecule has 0 spiro atoms. The number of methoxy groups -OCH3 is 2. The van der Waals surface area contributed by atoms with Crippen molar-refractivity contribution < 1.29 is 14.3 Å². The topological polar surface area (TPSA) is 47.6 Å². The smallest absolute Gasteiger partial charge is 0.328 e. The van der Waals surface area contributed by atoms with Gasteiger partial charge in [0, 0.05) is 13.7 Å². The van der Waals surface area contributed by atoms with Gasteiger partial charge in [0.1, 0.15) is 5.54 Å². The van der Waals surface area contributed by atoms with Crippen LogP contribution in [0.3, 0.4) is 0 Å². The van der Waals surface area contributed by atoms with Gasteiger partial charge in [0.05, 0.1) is 13.7 Å². The maximum atomic E-state index is 11.6. The Balaban J connectivity index is 4.57. The van der Waals surface area contributed by atoms with Gasteiger partial charge in [-0.1, -0.05) is 13.0 Å². The van der Waals surface area contributed by atoms with E-state index in [0.717, 1.165) is 0 Å². The summed E-state index contributed by atoms with van der Waals surface area (Å²) in [6.45, 7) is 6.34. The molecule has 0 aliphatic rings. The summed E-state index contributed by atoms with van der Waals surface area (Å²) >= 11 is 0. The molecule has 4 heteroatoms. The van der Waals surface area contributed by atoms with E-state index in [1.165, 1.54) is 7.11 Å². The highest BCUT2D eigenvalue weighted by molar-refractivity contribution is 5.81. The summed E-state index contributed by atoms with van der Waals surface area (Å²) in [5.74, 6) is -0.302. The molecule has 0 bridgehead atoms. The molecule has 1 N–H and O–H groups in total. The van der Waals surface area contributed by atoms with Crippen LogP contribution >= 0.6 is 0 Å². The quantitative estimate of drug-likeness (QED) is 0.487. The Morgan fingerprint density at radius 1 is 1.57 bits per heavy atom. The summed E-state index contributed by atoms with van der Waals surface area (Å²) in [4.78, 5) is 11.6. The molecule has 0 amide bonds. The van der Waals surface area contributed by atoms with Crippen LogP contribution in [0.25, 0.3) is 0 Å². The monoisotopic (exact) mass is 201 g/mol. The van der Waals surface area contributed by atoms with Gasteiger partial charge in [-0.2, -0.15) is 0 Å². The molecule has 0 saturated heterocycles. The molecular weight excluding hydrogens is 182 g/mol. The molecule has 14 heavy (non-hydrogen) atoms. The van der Waals surface area contributed by atoms with Crippen molar-refractivity contribution in [2.24, 2.45) is 0 Å². The van der Waals surface area contributed by atoms with E-state index in [-0.39, 0.29) is 5.97 Å². The van der Waals surface area contributed by atoms with Crippen LogP contribution in [0.1, 0.15) is 13.3 Å². The first-order chi connectivity index (χ1) is 6.66. The van der Waals surface area contributed by atoms with E-state index in [1.807, 2.05) is 6.92 Å². The minimum absolute atomic E-state index is 0.296. The third-order valence-electron chi connectivity index (χ3n) is 2.16. The molecule has 0 aliphatic heterocycles. The first kappa shape index (κ1) is 13.1. The summed E-state index contributed by atoms with van der Waals surface area (Å²) in [5, 5.41) is 3.07. The molecule has 1 atom stereocenters. The second-order valence-electron chi connectivity index (χ2n) is 3.03. The van der Waals surface area contributed by atoms with Crippen molar-refractivity contribution in [1.82, 2.24) is 5.32 Å². The predicted octanol–water partition coefficient (Wildman–Crippen LogP) is 0.730. The summed E-state index contributed by atoms with van der Waals surface area (Å²) in [7, 11) is 2.93. The van der Waals surface area contributed by atoms with Gasteiger partial charge in [-0.15, -0.1) is 6.58 Å². The molecule has 82 valence electrons. The van der Waals surface area contributed by atoms with Gasteiger partial charge in [-0.25, -0.2) is 4.79 Å². The number of hydrogen-bond acceptors (Lipinski definition) is 4. The molecule has 0 aromatic rings. The average molecular weight is 201 g/mol. The minimum atomic E-state index is -0.752. The summed E-state index contributed by atoms with van der Waals surface area (Å²) < 4.78 is 9.76. The van der Waals surface area contributed by atoms with Crippen molar-refractivity contribution in [3.8, 4) is 0 Å². The molecular formula is C10H19NO3. The van der Waals surface area contributed by atoms with E-state index in [1.54, 1.807) is 13.2 Å². The number of nitrogens with one attached hydrogen (secondary N) is 1. The van der Waals surface area contributed by atoms with Crippen molar-refractivity contribution in [3.63, 3.8) is 0 Å². The highest BCUT2D eigenvalue weighted by atomic mass is 16.5. The van der Waals surface area contributed by atoms with Crippen LogP contribution in [0, 0.1) is 0 Å². The number of ether oxygens (including phenoxy) is 2. The van der Waals surface area contributed by atoms with Gasteiger partial charge >= 0.3 is 5.97 Å². The zero-order chi connectivity index (χ0) is 11.0. The van der Waals surface area contributed by atoms with Crippen LogP contribution in [0.4, 0.5) is 0 Å². The lowest BCUT2D eigenvalue weighted by molar-refractivity contribution is -0.151. The minimum Gasteiger partial charge on any atom is -0.468 e. The van der Waals surface area contributed by atoms with E-state index >= 15 is 0 Å². The number of carbonyl (C=O) groups is 1. The van der Waals surface area contributed by atoms with Crippen LogP contribution in [0.2, 0.25) is 0 Å². The zero-order valence-corrected chi connectivity index (χ0v) is 9.13. The average Bonchev–Trinajstić information content (AvgIpc) is 2.23. The lowest BCUT2D eigenvalue weighted by Gasteiger charge is -2.29. The summed E-state index contributed by atoms with van der Waals surface area (Å²) in [6, 6.07) is 0. The Kier molecular flexibility index (Phi) is 6.16. The van der Waals surface area contributed by atoms with Crippen molar-refractivity contribution in [3.05, 3.63) is 12.7 Å². The third-order valence-corrected chi connectivity index (χ3v) is 2.16. The second-order valence-corrected chi connectivity index (χ2v) is 3.03. The first-order valence-corrected chi connectivity index (χ1v) is 4.60. The fraction of sp³-hybridized carbons (Fsp3) is 0.700.